The van der Waals surface area contributed by atoms with Gasteiger partial charge in [0.15, 0.2) is 5.17 Å². The standard InChI is InChI=1S/C9H7FN2OS/c10-6-3-1-2-5(4-6)7-8(13)12-9(11)14-7/h1-4,7H,(H2,11,12,13). The zero-order valence-electron chi connectivity index (χ0n) is 7.08. The van der Waals surface area contributed by atoms with E-state index >= 15 is 0 Å². The Morgan fingerprint density at radius 1 is 1.50 bits per heavy atom. The van der Waals surface area contributed by atoms with Crippen LogP contribution in [0.1, 0.15) is 10.8 Å². The van der Waals surface area contributed by atoms with Crippen molar-refractivity contribution in [2.75, 3.05) is 0 Å². The lowest BCUT2D eigenvalue weighted by molar-refractivity contribution is -0.118. The Labute approximate surface area is 84.2 Å². The molecular weight excluding hydrogens is 203 g/mol. The molecule has 1 saturated heterocycles. The molecule has 0 bridgehead atoms. The average molecular weight is 210 g/mol. The van der Waals surface area contributed by atoms with Crippen LogP contribution in [0.2, 0.25) is 0 Å². The summed E-state index contributed by atoms with van der Waals surface area (Å²) in [5, 5.41) is 9.25. The van der Waals surface area contributed by atoms with Gasteiger partial charge in [0.2, 0.25) is 5.91 Å². The van der Waals surface area contributed by atoms with Crippen LogP contribution in [0.15, 0.2) is 24.3 Å². The molecule has 72 valence electrons. The first-order valence-electron chi connectivity index (χ1n) is 3.98. The Morgan fingerprint density at radius 3 is 2.86 bits per heavy atom. The van der Waals surface area contributed by atoms with Crippen molar-refractivity contribution in [1.82, 2.24) is 5.32 Å². The number of thioether (sulfide) groups is 1. The van der Waals surface area contributed by atoms with Gasteiger partial charge in [-0.2, -0.15) is 0 Å². The van der Waals surface area contributed by atoms with Crippen LogP contribution < -0.4 is 5.32 Å². The quantitative estimate of drug-likeness (QED) is 0.740. The molecule has 3 nitrogen and oxygen atoms in total. The summed E-state index contributed by atoms with van der Waals surface area (Å²) in [5.41, 5.74) is 0.592. The summed E-state index contributed by atoms with van der Waals surface area (Å²) in [6.45, 7) is 0. The van der Waals surface area contributed by atoms with Gasteiger partial charge in [-0.15, -0.1) is 0 Å². The van der Waals surface area contributed by atoms with E-state index in [1.807, 2.05) is 0 Å². The minimum atomic E-state index is -0.488. The van der Waals surface area contributed by atoms with Crippen LogP contribution in [0.25, 0.3) is 0 Å². The highest BCUT2D eigenvalue weighted by Crippen LogP contribution is 2.33. The van der Waals surface area contributed by atoms with Crippen molar-refractivity contribution in [3.63, 3.8) is 0 Å². The summed E-state index contributed by atoms with van der Waals surface area (Å²) in [7, 11) is 0. The van der Waals surface area contributed by atoms with Gasteiger partial charge in [0.25, 0.3) is 0 Å². The van der Waals surface area contributed by atoms with Crippen LogP contribution >= 0.6 is 11.8 Å². The fourth-order valence-electron chi connectivity index (χ4n) is 1.27. The van der Waals surface area contributed by atoms with Crippen molar-refractivity contribution in [1.29, 1.82) is 5.41 Å². The van der Waals surface area contributed by atoms with Crippen molar-refractivity contribution >= 4 is 22.8 Å². The summed E-state index contributed by atoms with van der Waals surface area (Å²) >= 11 is 1.09. The first-order valence-corrected chi connectivity index (χ1v) is 4.86. The van der Waals surface area contributed by atoms with Crippen molar-refractivity contribution in [2.24, 2.45) is 0 Å². The summed E-state index contributed by atoms with van der Waals surface area (Å²) in [4.78, 5) is 11.3. The number of carbonyl (C=O) groups is 1. The number of halogens is 1. The molecule has 1 aromatic rings. The molecule has 0 radical (unpaired) electrons. The third-order valence-electron chi connectivity index (χ3n) is 1.86. The molecule has 0 saturated carbocycles. The lowest BCUT2D eigenvalue weighted by Gasteiger charge is -2.04. The normalized spacial score (nSPS) is 21.1. The summed E-state index contributed by atoms with van der Waals surface area (Å²) < 4.78 is 12.9. The fourth-order valence-corrected chi connectivity index (χ4v) is 2.11. The van der Waals surface area contributed by atoms with Gasteiger partial charge < -0.3 is 5.32 Å². The predicted octanol–water partition coefficient (Wildman–Crippen LogP) is 1.66. The Bertz CT molecular complexity index is 408. The molecule has 2 N–H and O–H groups in total. The molecular formula is C9H7FN2OS. The maximum absolute atomic E-state index is 12.9. The molecule has 0 aromatic heterocycles. The molecule has 0 aliphatic carbocycles. The molecule has 1 amide bonds. The van der Waals surface area contributed by atoms with E-state index in [-0.39, 0.29) is 16.9 Å². The minimum Gasteiger partial charge on any atom is -0.304 e. The van der Waals surface area contributed by atoms with Crippen LogP contribution in [0.5, 0.6) is 0 Å². The largest absolute Gasteiger partial charge is 0.304 e. The number of rotatable bonds is 1. The highest BCUT2D eigenvalue weighted by Gasteiger charge is 2.30. The van der Waals surface area contributed by atoms with Crippen LogP contribution in [0.4, 0.5) is 4.39 Å². The highest BCUT2D eigenvalue weighted by molar-refractivity contribution is 8.15. The Morgan fingerprint density at radius 2 is 2.29 bits per heavy atom. The second kappa shape index (κ2) is 3.42. The van der Waals surface area contributed by atoms with Crippen LogP contribution in [0.3, 0.4) is 0 Å². The third kappa shape index (κ3) is 1.63. The molecule has 14 heavy (non-hydrogen) atoms. The highest BCUT2D eigenvalue weighted by atomic mass is 32.2. The monoisotopic (exact) mass is 210 g/mol. The summed E-state index contributed by atoms with van der Waals surface area (Å²) in [5.74, 6) is -0.625. The second-order valence-corrected chi connectivity index (χ2v) is 3.99. The Balaban J connectivity index is 2.31. The van der Waals surface area contributed by atoms with Gasteiger partial charge in [0.05, 0.1) is 0 Å². The lowest BCUT2D eigenvalue weighted by Crippen LogP contribution is -2.20. The van der Waals surface area contributed by atoms with E-state index in [0.29, 0.717) is 5.56 Å². The van der Waals surface area contributed by atoms with Gasteiger partial charge in [0.1, 0.15) is 11.1 Å². The van der Waals surface area contributed by atoms with E-state index in [2.05, 4.69) is 5.32 Å². The van der Waals surface area contributed by atoms with E-state index in [1.54, 1.807) is 12.1 Å². The van der Waals surface area contributed by atoms with Gasteiger partial charge in [-0.25, -0.2) is 4.39 Å². The molecule has 1 atom stereocenters. The molecule has 5 heteroatoms. The zero-order valence-corrected chi connectivity index (χ0v) is 7.90. The Hall–Kier alpha value is -1.36. The molecule has 1 unspecified atom stereocenters. The maximum Gasteiger partial charge on any atom is 0.244 e. The number of benzene rings is 1. The number of hydrogen-bond donors (Lipinski definition) is 2. The van der Waals surface area contributed by atoms with Crippen LogP contribution in [0, 0.1) is 11.2 Å². The summed E-state index contributed by atoms with van der Waals surface area (Å²) in [6.07, 6.45) is 0. The van der Waals surface area contributed by atoms with E-state index < -0.39 is 5.25 Å². The molecule has 1 aliphatic heterocycles. The average Bonchev–Trinajstić information content (AvgIpc) is 2.45. The summed E-state index contributed by atoms with van der Waals surface area (Å²) in [6, 6.07) is 5.88. The van der Waals surface area contributed by atoms with Crippen molar-refractivity contribution in [3.05, 3.63) is 35.6 Å². The molecule has 1 aliphatic rings. The van der Waals surface area contributed by atoms with E-state index in [0.717, 1.165) is 11.8 Å². The smallest absolute Gasteiger partial charge is 0.244 e. The lowest BCUT2D eigenvalue weighted by atomic mass is 10.1. The first-order chi connectivity index (χ1) is 6.66. The Kier molecular flexibility index (Phi) is 2.25. The second-order valence-electron chi connectivity index (χ2n) is 2.87. The van der Waals surface area contributed by atoms with E-state index in [4.69, 9.17) is 5.41 Å². The molecule has 0 spiro atoms. The molecule has 1 fully saturated rings. The predicted molar refractivity (Wildman–Crippen MR) is 52.6 cm³/mol. The SMILES string of the molecule is N=C1NC(=O)C(c2cccc(F)c2)S1. The number of carbonyl (C=O) groups excluding carboxylic acids is 1. The van der Waals surface area contributed by atoms with Gasteiger partial charge >= 0.3 is 0 Å². The van der Waals surface area contributed by atoms with Gasteiger partial charge in [0, 0.05) is 0 Å². The van der Waals surface area contributed by atoms with Crippen molar-refractivity contribution < 1.29 is 9.18 Å². The number of nitrogens with one attached hydrogen (secondary N) is 2. The topological polar surface area (TPSA) is 53.0 Å². The number of amides is 1. The minimum absolute atomic E-state index is 0.115. The third-order valence-corrected chi connectivity index (χ3v) is 2.92. The van der Waals surface area contributed by atoms with E-state index in [1.165, 1.54) is 12.1 Å². The first kappa shape index (κ1) is 9.21. The number of amidine groups is 1. The zero-order chi connectivity index (χ0) is 10.1. The van der Waals surface area contributed by atoms with E-state index in [9.17, 15) is 9.18 Å². The van der Waals surface area contributed by atoms with Crippen molar-refractivity contribution in [2.45, 2.75) is 5.25 Å². The van der Waals surface area contributed by atoms with Gasteiger partial charge in [-0.1, -0.05) is 23.9 Å². The number of hydrogen-bond acceptors (Lipinski definition) is 3. The van der Waals surface area contributed by atoms with Gasteiger partial charge in [-0.05, 0) is 17.7 Å². The molecule has 1 aromatic carbocycles. The molecule has 2 rings (SSSR count). The fraction of sp³-hybridized carbons (Fsp3) is 0.111. The van der Waals surface area contributed by atoms with Crippen LogP contribution in [-0.4, -0.2) is 11.1 Å². The van der Waals surface area contributed by atoms with Crippen molar-refractivity contribution in [3.8, 4) is 0 Å². The van der Waals surface area contributed by atoms with Gasteiger partial charge in [-0.3, -0.25) is 10.2 Å². The maximum atomic E-state index is 12.9. The van der Waals surface area contributed by atoms with Crippen LogP contribution in [-0.2, 0) is 4.79 Å². The molecule has 1 heterocycles.